The van der Waals surface area contributed by atoms with Crippen LogP contribution in [0.4, 0.5) is 18.9 Å². The molecule has 1 fully saturated rings. The molecular formula is C16H17F3N2. The van der Waals surface area contributed by atoms with Crippen LogP contribution in [-0.2, 0) is 0 Å². The number of aromatic nitrogens is 1. The smallest absolute Gasteiger partial charge is 0.382 e. The largest absolute Gasteiger partial charge is 0.391 e. The first-order chi connectivity index (χ1) is 10.0. The minimum Gasteiger partial charge on any atom is -0.382 e. The van der Waals surface area contributed by atoms with Gasteiger partial charge in [0.2, 0.25) is 0 Å². The van der Waals surface area contributed by atoms with E-state index < -0.39 is 12.1 Å². The maximum atomic E-state index is 12.9. The predicted octanol–water partition coefficient (Wildman–Crippen LogP) is 4.77. The van der Waals surface area contributed by atoms with Crippen molar-refractivity contribution < 1.29 is 13.2 Å². The van der Waals surface area contributed by atoms with Gasteiger partial charge in [-0.1, -0.05) is 18.6 Å². The lowest BCUT2D eigenvalue weighted by molar-refractivity contribution is -0.182. The molecule has 1 aliphatic rings. The van der Waals surface area contributed by atoms with Crippen molar-refractivity contribution in [3.8, 4) is 0 Å². The van der Waals surface area contributed by atoms with Gasteiger partial charge in [0.25, 0.3) is 0 Å². The minimum atomic E-state index is -4.08. The first kappa shape index (κ1) is 14.2. The number of nitrogens with one attached hydrogen (secondary N) is 1. The molecule has 2 unspecified atom stereocenters. The molecule has 0 bridgehead atoms. The zero-order valence-corrected chi connectivity index (χ0v) is 11.5. The third-order valence-electron chi connectivity index (χ3n) is 4.18. The second-order valence-electron chi connectivity index (χ2n) is 5.65. The predicted molar refractivity (Wildman–Crippen MR) is 77.2 cm³/mol. The summed E-state index contributed by atoms with van der Waals surface area (Å²) in [5.41, 5.74) is 0.869. The maximum absolute atomic E-state index is 12.9. The molecule has 2 aromatic rings. The molecule has 3 rings (SSSR count). The molecule has 0 amide bonds. The van der Waals surface area contributed by atoms with Gasteiger partial charge in [0.15, 0.2) is 0 Å². The van der Waals surface area contributed by atoms with E-state index in [1.807, 2.05) is 24.3 Å². The van der Waals surface area contributed by atoms with Gasteiger partial charge in [-0.15, -0.1) is 0 Å². The van der Waals surface area contributed by atoms with Crippen molar-refractivity contribution in [1.82, 2.24) is 4.98 Å². The van der Waals surface area contributed by atoms with Crippen LogP contribution in [0.2, 0.25) is 0 Å². The molecular weight excluding hydrogens is 277 g/mol. The Morgan fingerprint density at radius 3 is 2.81 bits per heavy atom. The van der Waals surface area contributed by atoms with Crippen LogP contribution in [0.5, 0.6) is 0 Å². The summed E-state index contributed by atoms with van der Waals surface area (Å²) in [6.07, 6.45) is 1.18. The molecule has 0 aliphatic heterocycles. The Balaban J connectivity index is 1.79. The summed E-state index contributed by atoms with van der Waals surface area (Å²) in [5.74, 6) is -1.18. The number of hydrogen-bond acceptors (Lipinski definition) is 2. The van der Waals surface area contributed by atoms with Crippen LogP contribution in [0.3, 0.4) is 0 Å². The fourth-order valence-corrected chi connectivity index (χ4v) is 3.08. The topological polar surface area (TPSA) is 24.9 Å². The molecule has 0 radical (unpaired) electrons. The normalized spacial score (nSPS) is 23.2. The maximum Gasteiger partial charge on any atom is 0.391 e. The average Bonchev–Trinajstić information content (AvgIpc) is 2.47. The highest BCUT2D eigenvalue weighted by molar-refractivity contribution is 5.93. The second kappa shape index (κ2) is 5.54. The van der Waals surface area contributed by atoms with E-state index in [2.05, 4.69) is 10.3 Å². The molecule has 1 saturated carbocycles. The number of anilines is 1. The second-order valence-corrected chi connectivity index (χ2v) is 5.65. The molecule has 2 atom stereocenters. The van der Waals surface area contributed by atoms with Crippen LogP contribution in [0, 0.1) is 5.92 Å². The Labute approximate surface area is 121 Å². The molecule has 1 heterocycles. The number of benzene rings is 1. The van der Waals surface area contributed by atoms with Gasteiger partial charge in [0.05, 0.1) is 5.92 Å². The van der Waals surface area contributed by atoms with E-state index in [1.165, 1.54) is 0 Å². The minimum absolute atomic E-state index is 0.129. The van der Waals surface area contributed by atoms with Crippen LogP contribution in [0.1, 0.15) is 25.7 Å². The summed E-state index contributed by atoms with van der Waals surface area (Å²) in [4.78, 5) is 4.10. The highest BCUT2D eigenvalue weighted by Crippen LogP contribution is 2.38. The SMILES string of the molecule is FC(F)(F)C1CCCC(Nc2cccc3ccncc23)C1. The van der Waals surface area contributed by atoms with E-state index in [1.54, 1.807) is 12.4 Å². The standard InChI is InChI=1S/C16H17F3N2/c17-16(18,19)12-4-2-5-13(9-12)21-15-6-1-3-11-7-8-20-10-14(11)15/h1,3,6-8,10,12-13,21H,2,4-5,9H2. The third-order valence-corrected chi connectivity index (χ3v) is 4.18. The fourth-order valence-electron chi connectivity index (χ4n) is 3.08. The number of fused-ring (bicyclic) bond motifs is 1. The molecule has 112 valence electrons. The molecule has 0 spiro atoms. The number of rotatable bonds is 2. The van der Waals surface area contributed by atoms with Crippen LogP contribution in [0.15, 0.2) is 36.7 Å². The molecule has 2 nitrogen and oxygen atoms in total. The summed E-state index contributed by atoms with van der Waals surface area (Å²) < 4.78 is 38.6. The average molecular weight is 294 g/mol. The summed E-state index contributed by atoms with van der Waals surface area (Å²) >= 11 is 0. The monoisotopic (exact) mass is 294 g/mol. The Hall–Kier alpha value is -1.78. The van der Waals surface area contributed by atoms with Crippen molar-refractivity contribution in [1.29, 1.82) is 0 Å². The Bertz CT molecular complexity index is 619. The first-order valence-electron chi connectivity index (χ1n) is 7.20. The lowest BCUT2D eigenvalue weighted by Gasteiger charge is -2.31. The Morgan fingerprint density at radius 1 is 1.14 bits per heavy atom. The highest BCUT2D eigenvalue weighted by Gasteiger charge is 2.42. The van der Waals surface area contributed by atoms with Gasteiger partial charge >= 0.3 is 6.18 Å². The van der Waals surface area contributed by atoms with Gasteiger partial charge in [-0.3, -0.25) is 4.98 Å². The first-order valence-corrected chi connectivity index (χ1v) is 7.20. The van der Waals surface area contributed by atoms with E-state index in [0.29, 0.717) is 6.42 Å². The van der Waals surface area contributed by atoms with Gasteiger partial charge in [-0.05, 0) is 36.8 Å². The summed E-state index contributed by atoms with van der Waals surface area (Å²) in [5, 5.41) is 5.28. The summed E-state index contributed by atoms with van der Waals surface area (Å²) in [7, 11) is 0. The molecule has 1 aromatic heterocycles. The van der Waals surface area contributed by atoms with Crippen molar-refractivity contribution in [2.45, 2.75) is 37.9 Å². The quantitative estimate of drug-likeness (QED) is 0.863. The number of pyridine rings is 1. The fraction of sp³-hybridized carbons (Fsp3) is 0.438. The number of halogens is 3. The molecule has 21 heavy (non-hydrogen) atoms. The lowest BCUT2D eigenvalue weighted by Crippen LogP contribution is -2.34. The van der Waals surface area contributed by atoms with Crippen LogP contribution in [0.25, 0.3) is 10.8 Å². The summed E-state index contributed by atoms with van der Waals surface area (Å²) in [6, 6.07) is 7.56. The van der Waals surface area contributed by atoms with E-state index in [4.69, 9.17) is 0 Å². The number of alkyl halides is 3. The Morgan fingerprint density at radius 2 is 2.00 bits per heavy atom. The van der Waals surface area contributed by atoms with E-state index in [9.17, 15) is 13.2 Å². The van der Waals surface area contributed by atoms with Crippen molar-refractivity contribution in [2.75, 3.05) is 5.32 Å². The van der Waals surface area contributed by atoms with Crippen molar-refractivity contribution in [3.63, 3.8) is 0 Å². The van der Waals surface area contributed by atoms with Crippen molar-refractivity contribution in [3.05, 3.63) is 36.7 Å². The van der Waals surface area contributed by atoms with Crippen LogP contribution in [-0.4, -0.2) is 17.2 Å². The van der Waals surface area contributed by atoms with Gasteiger partial charge in [-0.25, -0.2) is 0 Å². The van der Waals surface area contributed by atoms with E-state index in [-0.39, 0.29) is 18.9 Å². The van der Waals surface area contributed by atoms with E-state index >= 15 is 0 Å². The molecule has 5 heteroatoms. The number of nitrogens with zero attached hydrogens (tertiary/aromatic N) is 1. The van der Waals surface area contributed by atoms with Crippen LogP contribution >= 0.6 is 0 Å². The zero-order valence-electron chi connectivity index (χ0n) is 11.5. The zero-order chi connectivity index (χ0) is 14.9. The molecule has 1 aliphatic carbocycles. The molecule has 1 N–H and O–H groups in total. The third kappa shape index (κ3) is 3.12. The van der Waals surface area contributed by atoms with Crippen molar-refractivity contribution in [2.24, 2.45) is 5.92 Å². The van der Waals surface area contributed by atoms with Gasteiger partial charge < -0.3 is 5.32 Å². The lowest BCUT2D eigenvalue weighted by atomic mass is 9.85. The van der Waals surface area contributed by atoms with Gasteiger partial charge in [0.1, 0.15) is 0 Å². The van der Waals surface area contributed by atoms with Crippen molar-refractivity contribution >= 4 is 16.5 Å². The summed E-state index contributed by atoms with van der Waals surface area (Å²) in [6.45, 7) is 0. The van der Waals surface area contributed by atoms with Gasteiger partial charge in [0, 0.05) is 29.5 Å². The molecule has 0 saturated heterocycles. The Kier molecular flexibility index (Phi) is 3.74. The van der Waals surface area contributed by atoms with Crippen LogP contribution < -0.4 is 5.32 Å². The molecule has 1 aromatic carbocycles. The highest BCUT2D eigenvalue weighted by atomic mass is 19.4. The van der Waals surface area contributed by atoms with Gasteiger partial charge in [-0.2, -0.15) is 13.2 Å². The number of hydrogen-bond donors (Lipinski definition) is 1. The van der Waals surface area contributed by atoms with E-state index in [0.717, 1.165) is 22.9 Å².